The van der Waals surface area contributed by atoms with E-state index in [9.17, 15) is 4.79 Å². The van der Waals surface area contributed by atoms with Gasteiger partial charge >= 0.3 is 0 Å². The van der Waals surface area contributed by atoms with Gasteiger partial charge in [-0.25, -0.2) is 0 Å². The Labute approximate surface area is 226 Å². The Morgan fingerprint density at radius 2 is 1.08 bits per heavy atom. The van der Waals surface area contributed by atoms with Crippen molar-refractivity contribution in [1.29, 1.82) is 0 Å². The fourth-order valence-corrected chi connectivity index (χ4v) is 6.89. The molecule has 2 aliphatic heterocycles. The average molecular weight is 505 g/mol. The van der Waals surface area contributed by atoms with Crippen molar-refractivity contribution in [3.05, 3.63) is 0 Å². The van der Waals surface area contributed by atoms with E-state index >= 15 is 0 Å². The van der Waals surface area contributed by atoms with E-state index in [1.807, 2.05) is 0 Å². The zero-order valence-electron chi connectivity index (χ0n) is 25.1. The van der Waals surface area contributed by atoms with Gasteiger partial charge in [0, 0.05) is 25.6 Å². The molecule has 2 rings (SSSR count). The van der Waals surface area contributed by atoms with Crippen LogP contribution in [0.1, 0.15) is 156 Å². The van der Waals surface area contributed by atoms with Crippen LogP contribution in [-0.4, -0.2) is 48.4 Å². The Kier molecular flexibility index (Phi) is 16.4. The van der Waals surface area contributed by atoms with Crippen molar-refractivity contribution < 1.29 is 4.79 Å². The van der Waals surface area contributed by atoms with Gasteiger partial charge in [-0.1, -0.05) is 105 Å². The van der Waals surface area contributed by atoms with E-state index in [-0.39, 0.29) is 5.92 Å². The Hall–Kier alpha value is -0.570. The van der Waals surface area contributed by atoms with E-state index in [1.165, 1.54) is 135 Å². The van der Waals surface area contributed by atoms with Crippen LogP contribution in [0.4, 0.5) is 0 Å². The number of nitrogens with zero attached hydrogens (tertiary/aromatic N) is 2. The second kappa shape index (κ2) is 18.6. The zero-order valence-corrected chi connectivity index (χ0v) is 25.1. The molecular formula is C33H64N2O. The van der Waals surface area contributed by atoms with Crippen LogP contribution in [0.25, 0.3) is 0 Å². The van der Waals surface area contributed by atoms with Crippen LogP contribution >= 0.6 is 0 Å². The molecule has 0 radical (unpaired) electrons. The van der Waals surface area contributed by atoms with Gasteiger partial charge in [0.05, 0.1) is 0 Å². The van der Waals surface area contributed by atoms with Crippen molar-refractivity contribution >= 4 is 5.91 Å². The van der Waals surface area contributed by atoms with E-state index in [2.05, 4.69) is 37.5 Å². The number of carbonyl (C=O) groups is 1. The van der Waals surface area contributed by atoms with Crippen molar-refractivity contribution in [3.8, 4) is 0 Å². The predicted octanol–water partition coefficient (Wildman–Crippen LogP) is 9.24. The minimum absolute atomic E-state index is 0.286. The first-order chi connectivity index (χ1) is 17.6. The van der Waals surface area contributed by atoms with Gasteiger partial charge in [0.2, 0.25) is 5.91 Å². The number of piperidine rings is 2. The second-order valence-corrected chi connectivity index (χ2v) is 12.7. The van der Waals surface area contributed by atoms with E-state index in [0.29, 0.717) is 11.3 Å². The molecule has 1 amide bonds. The molecule has 0 bridgehead atoms. The minimum atomic E-state index is 0.286. The zero-order chi connectivity index (χ0) is 26.1. The van der Waals surface area contributed by atoms with Crippen molar-refractivity contribution in [3.63, 3.8) is 0 Å². The van der Waals surface area contributed by atoms with Crippen LogP contribution in [-0.2, 0) is 4.79 Å². The summed E-state index contributed by atoms with van der Waals surface area (Å²) in [5.41, 5.74) is 0.521. The lowest BCUT2D eigenvalue weighted by molar-refractivity contribution is -0.139. The molecule has 1 spiro atoms. The summed E-state index contributed by atoms with van der Waals surface area (Å²) in [6.45, 7) is 15.1. The molecule has 3 heteroatoms. The first-order valence-corrected chi connectivity index (χ1v) is 16.6. The second-order valence-electron chi connectivity index (χ2n) is 12.7. The first-order valence-electron chi connectivity index (χ1n) is 16.6. The summed E-state index contributed by atoms with van der Waals surface area (Å²) in [4.78, 5) is 18.5. The lowest BCUT2D eigenvalue weighted by atomic mass is 9.71. The number of hydrogen-bond acceptors (Lipinski definition) is 2. The van der Waals surface area contributed by atoms with Gasteiger partial charge in [0.25, 0.3) is 0 Å². The minimum Gasteiger partial charge on any atom is -0.342 e. The maximum Gasteiger partial charge on any atom is 0.225 e. The Morgan fingerprint density at radius 1 is 0.611 bits per heavy atom. The van der Waals surface area contributed by atoms with Gasteiger partial charge in [0.1, 0.15) is 0 Å². The molecule has 2 aliphatic rings. The molecule has 3 nitrogen and oxygen atoms in total. The van der Waals surface area contributed by atoms with Gasteiger partial charge in [-0.15, -0.1) is 0 Å². The molecule has 212 valence electrons. The van der Waals surface area contributed by atoms with Gasteiger partial charge < -0.3 is 9.80 Å². The van der Waals surface area contributed by atoms with Crippen LogP contribution in [0.5, 0.6) is 0 Å². The van der Waals surface area contributed by atoms with Gasteiger partial charge in [-0.05, 0) is 75.8 Å². The quantitative estimate of drug-likeness (QED) is 0.164. The number of unbranched alkanes of at least 4 members (excludes halogenated alkanes) is 8. The monoisotopic (exact) mass is 505 g/mol. The number of amides is 1. The number of rotatable bonds is 19. The summed E-state index contributed by atoms with van der Waals surface area (Å²) in [6, 6.07) is 0. The van der Waals surface area contributed by atoms with Crippen molar-refractivity contribution in [1.82, 2.24) is 9.80 Å². The Morgan fingerprint density at radius 3 is 1.67 bits per heavy atom. The van der Waals surface area contributed by atoms with Crippen LogP contribution < -0.4 is 0 Å². The molecule has 0 aromatic carbocycles. The molecule has 2 atom stereocenters. The lowest BCUT2D eigenvalue weighted by Gasteiger charge is -2.48. The van der Waals surface area contributed by atoms with E-state index < -0.39 is 0 Å². The molecule has 0 aromatic heterocycles. The molecular weight excluding hydrogens is 440 g/mol. The summed E-state index contributed by atoms with van der Waals surface area (Å²) in [6.07, 6.45) is 26.3. The maximum atomic E-state index is 13.4. The smallest absolute Gasteiger partial charge is 0.225 e. The van der Waals surface area contributed by atoms with Gasteiger partial charge in [-0.3, -0.25) is 4.79 Å². The molecule has 0 aliphatic carbocycles. The number of carbonyl (C=O) groups excluding carboxylic acids is 1. The maximum absolute atomic E-state index is 13.4. The van der Waals surface area contributed by atoms with E-state index in [0.717, 1.165) is 31.8 Å². The summed E-state index contributed by atoms with van der Waals surface area (Å²) in [5, 5.41) is 0. The molecule has 2 fully saturated rings. The Balaban J connectivity index is 1.78. The molecule has 0 saturated carbocycles. The fourth-order valence-electron chi connectivity index (χ4n) is 6.89. The van der Waals surface area contributed by atoms with Crippen LogP contribution in [0, 0.1) is 17.3 Å². The lowest BCUT2D eigenvalue weighted by Crippen LogP contribution is -2.50. The average Bonchev–Trinajstić information content (AvgIpc) is 2.90. The van der Waals surface area contributed by atoms with Crippen LogP contribution in [0.2, 0.25) is 0 Å². The highest BCUT2D eigenvalue weighted by Crippen LogP contribution is 2.42. The van der Waals surface area contributed by atoms with Crippen LogP contribution in [0.3, 0.4) is 0 Å². The summed E-state index contributed by atoms with van der Waals surface area (Å²) < 4.78 is 0. The van der Waals surface area contributed by atoms with Crippen molar-refractivity contribution in [2.75, 3.05) is 32.7 Å². The largest absolute Gasteiger partial charge is 0.342 e. The van der Waals surface area contributed by atoms with Gasteiger partial charge in [-0.2, -0.15) is 0 Å². The first kappa shape index (κ1) is 31.6. The normalized spacial score (nSPS) is 20.1. The molecule has 2 unspecified atom stereocenters. The molecule has 0 aromatic rings. The van der Waals surface area contributed by atoms with Gasteiger partial charge in [0.15, 0.2) is 0 Å². The third-order valence-electron chi connectivity index (χ3n) is 9.66. The van der Waals surface area contributed by atoms with Crippen molar-refractivity contribution in [2.45, 2.75) is 156 Å². The highest BCUT2D eigenvalue weighted by molar-refractivity contribution is 5.78. The fraction of sp³-hybridized carbons (Fsp3) is 0.970. The Bertz CT molecular complexity index is 544. The summed E-state index contributed by atoms with van der Waals surface area (Å²) >= 11 is 0. The molecule has 0 N–H and O–H groups in total. The third kappa shape index (κ3) is 11.4. The summed E-state index contributed by atoms with van der Waals surface area (Å²) in [7, 11) is 0. The molecule has 2 saturated heterocycles. The predicted molar refractivity (Wildman–Crippen MR) is 157 cm³/mol. The van der Waals surface area contributed by atoms with E-state index in [1.54, 1.807) is 0 Å². The third-order valence-corrected chi connectivity index (χ3v) is 9.66. The highest BCUT2D eigenvalue weighted by Gasteiger charge is 2.39. The van der Waals surface area contributed by atoms with Crippen molar-refractivity contribution in [2.24, 2.45) is 17.3 Å². The van der Waals surface area contributed by atoms with Crippen LogP contribution in [0.15, 0.2) is 0 Å². The number of hydrogen-bond donors (Lipinski definition) is 0. The SMILES string of the molecule is CCCCCCC(CCCCC)CN1CCC2(CC1)CCN(C(=O)C(CCCC)CCCCC)CC2. The highest BCUT2D eigenvalue weighted by atomic mass is 16.2. The van der Waals surface area contributed by atoms with E-state index in [4.69, 9.17) is 0 Å². The number of likely N-dealkylation sites (tertiary alicyclic amines) is 2. The summed E-state index contributed by atoms with van der Waals surface area (Å²) in [5.74, 6) is 1.69. The molecule has 2 heterocycles. The molecule has 36 heavy (non-hydrogen) atoms. The topological polar surface area (TPSA) is 23.6 Å². The standard InChI is InChI=1S/C33H64N2O/c1-5-9-13-16-18-30(17-14-10-6-2)29-34-25-21-33(22-26-34)23-27-35(28-24-33)32(36)31(19-12-8-4)20-15-11-7-3/h30-31H,5-29H2,1-4H3.